The maximum absolute atomic E-state index is 13.5. The normalized spacial score (nSPS) is 13.6. The lowest BCUT2D eigenvalue weighted by Crippen LogP contribution is -2.25. The van der Waals surface area contributed by atoms with Gasteiger partial charge < -0.3 is 24.4 Å². The van der Waals surface area contributed by atoms with Gasteiger partial charge in [-0.15, -0.1) is 21.5 Å². The Hall–Kier alpha value is -3.90. The van der Waals surface area contributed by atoms with Crippen LogP contribution in [-0.2, 0) is 35.5 Å². The Kier molecular flexibility index (Phi) is 9.75. The fourth-order valence-corrected chi connectivity index (χ4v) is 6.94. The Bertz CT molecular complexity index is 1530. The molecule has 5 rings (SSSR count). The molecule has 42 heavy (non-hydrogen) atoms. The fraction of sp³-hybridized carbons (Fsp3) is 0.367. The van der Waals surface area contributed by atoms with Crippen LogP contribution >= 0.6 is 23.1 Å². The second-order valence-electron chi connectivity index (χ2n) is 9.87. The first-order valence-electron chi connectivity index (χ1n) is 14.0. The number of carbonyl (C=O) groups excluding carboxylic acids is 3. The van der Waals surface area contributed by atoms with Gasteiger partial charge in [0.15, 0.2) is 16.7 Å². The highest BCUT2D eigenvalue weighted by Gasteiger charge is 2.28. The van der Waals surface area contributed by atoms with E-state index in [1.807, 2.05) is 34.9 Å². The van der Waals surface area contributed by atoms with Gasteiger partial charge >= 0.3 is 5.97 Å². The van der Waals surface area contributed by atoms with Crippen molar-refractivity contribution in [1.82, 2.24) is 20.1 Å². The molecule has 2 N–H and O–H groups in total. The lowest BCUT2D eigenvalue weighted by atomic mass is 10.1. The highest BCUT2D eigenvalue weighted by Crippen LogP contribution is 2.38. The van der Waals surface area contributed by atoms with Gasteiger partial charge in [-0.25, -0.2) is 4.79 Å². The van der Waals surface area contributed by atoms with Crippen molar-refractivity contribution in [3.63, 3.8) is 0 Å². The topological polar surface area (TPSA) is 128 Å². The minimum Gasteiger partial charge on any atom is -0.462 e. The SMILES string of the molecule is CCOC(=O)c1c(NC(=O)C(C)Sc2nnc(CNC(=O)c3ccco3)n2Cc2ccccc2)sc2c1CCCCC2. The molecule has 1 atom stereocenters. The predicted octanol–water partition coefficient (Wildman–Crippen LogP) is 5.48. The number of aromatic nitrogens is 3. The lowest BCUT2D eigenvalue weighted by molar-refractivity contribution is -0.115. The van der Waals surface area contributed by atoms with Gasteiger partial charge in [-0.1, -0.05) is 48.5 Å². The van der Waals surface area contributed by atoms with Gasteiger partial charge in [0, 0.05) is 4.88 Å². The smallest absolute Gasteiger partial charge is 0.341 e. The summed E-state index contributed by atoms with van der Waals surface area (Å²) >= 11 is 2.74. The molecule has 0 aliphatic heterocycles. The van der Waals surface area contributed by atoms with Gasteiger partial charge in [-0.2, -0.15) is 0 Å². The summed E-state index contributed by atoms with van der Waals surface area (Å²) in [5.41, 5.74) is 2.52. The second kappa shape index (κ2) is 13.8. The number of amides is 2. The standard InChI is InChI=1S/C30H33N5O5S2/c1-3-39-29(38)25-21-13-8-5-9-15-23(21)42-28(25)32-26(36)19(2)41-30-34-33-24(17-31-27(37)22-14-10-16-40-22)35(30)18-20-11-6-4-7-12-20/h4,6-7,10-12,14,16,19H,3,5,8-9,13,15,17-18H2,1-2H3,(H,31,37)(H,32,36). The van der Waals surface area contributed by atoms with E-state index in [1.165, 1.54) is 29.4 Å². The zero-order chi connectivity index (χ0) is 29.5. The summed E-state index contributed by atoms with van der Waals surface area (Å²) in [7, 11) is 0. The van der Waals surface area contributed by atoms with Gasteiger partial charge in [0.05, 0.1) is 36.8 Å². The third-order valence-electron chi connectivity index (χ3n) is 6.92. The van der Waals surface area contributed by atoms with Gasteiger partial charge in [0.1, 0.15) is 5.00 Å². The Labute approximate surface area is 252 Å². The third kappa shape index (κ3) is 6.93. The van der Waals surface area contributed by atoms with Crippen LogP contribution in [0.25, 0.3) is 0 Å². The van der Waals surface area contributed by atoms with Crippen molar-refractivity contribution in [2.24, 2.45) is 0 Å². The van der Waals surface area contributed by atoms with Crippen LogP contribution in [0.15, 0.2) is 58.3 Å². The quantitative estimate of drug-likeness (QED) is 0.130. The summed E-state index contributed by atoms with van der Waals surface area (Å²) in [4.78, 5) is 40.0. The summed E-state index contributed by atoms with van der Waals surface area (Å²) in [6.45, 7) is 4.43. The number of nitrogens with zero attached hydrogens (tertiary/aromatic N) is 3. The largest absolute Gasteiger partial charge is 0.462 e. The number of ether oxygens (including phenoxy) is 1. The zero-order valence-corrected chi connectivity index (χ0v) is 25.2. The van der Waals surface area contributed by atoms with E-state index in [1.54, 1.807) is 26.0 Å². The first-order chi connectivity index (χ1) is 20.4. The molecule has 3 aromatic heterocycles. The van der Waals surface area contributed by atoms with Crippen LogP contribution in [0.3, 0.4) is 0 Å². The highest BCUT2D eigenvalue weighted by molar-refractivity contribution is 8.00. The molecule has 12 heteroatoms. The molecule has 1 aliphatic rings. The number of fused-ring (bicyclic) bond motifs is 1. The molecule has 0 fully saturated rings. The Morgan fingerprint density at radius 3 is 2.67 bits per heavy atom. The van der Waals surface area contributed by atoms with Crippen LogP contribution in [0.5, 0.6) is 0 Å². The average Bonchev–Trinajstić information content (AvgIpc) is 3.69. The van der Waals surface area contributed by atoms with Crippen LogP contribution in [0, 0.1) is 0 Å². The molecule has 0 bridgehead atoms. The van der Waals surface area contributed by atoms with E-state index >= 15 is 0 Å². The van der Waals surface area contributed by atoms with Crippen molar-refractivity contribution in [1.29, 1.82) is 0 Å². The van der Waals surface area contributed by atoms with Gasteiger partial charge in [0.2, 0.25) is 5.91 Å². The number of carbonyl (C=O) groups is 3. The molecular formula is C30H33N5O5S2. The van der Waals surface area contributed by atoms with E-state index in [0.717, 1.165) is 48.1 Å². The minimum absolute atomic E-state index is 0.129. The molecule has 0 spiro atoms. The number of esters is 1. The van der Waals surface area contributed by atoms with Crippen molar-refractivity contribution in [2.45, 2.75) is 69.4 Å². The number of nitrogens with one attached hydrogen (secondary N) is 2. The number of aryl methyl sites for hydroxylation is 1. The van der Waals surface area contributed by atoms with Crippen LogP contribution in [0.2, 0.25) is 0 Å². The molecule has 1 unspecified atom stereocenters. The van der Waals surface area contributed by atoms with E-state index in [2.05, 4.69) is 20.8 Å². The molecular weight excluding hydrogens is 574 g/mol. The predicted molar refractivity (Wildman–Crippen MR) is 161 cm³/mol. The molecule has 1 aromatic carbocycles. The molecule has 3 heterocycles. The monoisotopic (exact) mass is 607 g/mol. The van der Waals surface area contributed by atoms with Crippen molar-refractivity contribution >= 4 is 45.9 Å². The first kappa shape index (κ1) is 29.6. The molecule has 0 saturated carbocycles. The average molecular weight is 608 g/mol. The van der Waals surface area contributed by atoms with Crippen molar-refractivity contribution in [3.8, 4) is 0 Å². The number of hydrogen-bond donors (Lipinski definition) is 2. The van der Waals surface area contributed by atoms with Gasteiger partial charge in [0.25, 0.3) is 5.91 Å². The molecule has 4 aromatic rings. The lowest BCUT2D eigenvalue weighted by Gasteiger charge is -2.14. The van der Waals surface area contributed by atoms with E-state index in [9.17, 15) is 14.4 Å². The molecule has 2 amide bonds. The first-order valence-corrected chi connectivity index (χ1v) is 15.7. The maximum atomic E-state index is 13.5. The molecule has 220 valence electrons. The maximum Gasteiger partial charge on any atom is 0.341 e. The van der Waals surface area contributed by atoms with Crippen LogP contribution in [0.4, 0.5) is 5.00 Å². The van der Waals surface area contributed by atoms with Crippen LogP contribution < -0.4 is 10.6 Å². The van der Waals surface area contributed by atoms with E-state index in [0.29, 0.717) is 28.1 Å². The van der Waals surface area contributed by atoms with Crippen molar-refractivity contribution < 1.29 is 23.5 Å². The van der Waals surface area contributed by atoms with E-state index in [4.69, 9.17) is 9.15 Å². The molecule has 10 nitrogen and oxygen atoms in total. The second-order valence-corrected chi connectivity index (χ2v) is 12.3. The number of rotatable bonds is 11. The molecule has 0 radical (unpaired) electrons. The number of thioether (sulfide) groups is 1. The molecule has 1 aliphatic carbocycles. The fourth-order valence-electron chi connectivity index (χ4n) is 4.79. The highest BCUT2D eigenvalue weighted by atomic mass is 32.2. The Balaban J connectivity index is 1.34. The summed E-state index contributed by atoms with van der Waals surface area (Å²) in [5, 5.41) is 15.1. The number of hydrogen-bond acceptors (Lipinski definition) is 9. The van der Waals surface area contributed by atoms with Crippen LogP contribution in [0.1, 0.15) is 75.9 Å². The van der Waals surface area contributed by atoms with Crippen molar-refractivity contribution in [3.05, 3.63) is 81.9 Å². The Morgan fingerprint density at radius 1 is 1.10 bits per heavy atom. The number of furan rings is 1. The van der Waals surface area contributed by atoms with Gasteiger partial charge in [-0.05, 0) is 62.8 Å². The number of benzene rings is 1. The van der Waals surface area contributed by atoms with E-state index in [-0.39, 0.29) is 30.7 Å². The third-order valence-corrected chi connectivity index (χ3v) is 9.21. The summed E-state index contributed by atoms with van der Waals surface area (Å²) < 4.78 is 12.4. The molecule has 0 saturated heterocycles. The number of anilines is 1. The number of thiophene rings is 1. The minimum atomic E-state index is -0.550. The van der Waals surface area contributed by atoms with Crippen molar-refractivity contribution in [2.75, 3.05) is 11.9 Å². The van der Waals surface area contributed by atoms with Gasteiger partial charge in [-0.3, -0.25) is 9.59 Å². The summed E-state index contributed by atoms with van der Waals surface area (Å²) in [6, 6.07) is 13.1. The summed E-state index contributed by atoms with van der Waals surface area (Å²) in [5.74, 6) is -0.249. The van der Waals surface area contributed by atoms with E-state index < -0.39 is 11.2 Å². The summed E-state index contributed by atoms with van der Waals surface area (Å²) in [6.07, 6.45) is 6.35. The Morgan fingerprint density at radius 2 is 1.90 bits per heavy atom. The van der Waals surface area contributed by atoms with Crippen LogP contribution in [-0.4, -0.2) is 44.4 Å². The zero-order valence-electron chi connectivity index (χ0n) is 23.6.